The second-order valence-electron chi connectivity index (χ2n) is 5.07. The Balaban J connectivity index is 2.44. The van der Waals surface area contributed by atoms with Gasteiger partial charge in [0, 0.05) is 0 Å². The van der Waals surface area contributed by atoms with Crippen molar-refractivity contribution in [3.05, 3.63) is 30.1 Å². The van der Waals surface area contributed by atoms with E-state index in [9.17, 15) is 14.0 Å². The van der Waals surface area contributed by atoms with Gasteiger partial charge < -0.3 is 5.32 Å². The number of anilines is 1. The van der Waals surface area contributed by atoms with Gasteiger partial charge in [0.25, 0.3) is 5.91 Å². The van der Waals surface area contributed by atoms with Gasteiger partial charge in [0.05, 0.1) is 5.69 Å². The third-order valence-corrected chi connectivity index (χ3v) is 3.35. The van der Waals surface area contributed by atoms with Crippen molar-refractivity contribution in [2.75, 3.05) is 4.90 Å². The summed E-state index contributed by atoms with van der Waals surface area (Å²) in [5.74, 6) is -1.08. The molecule has 19 heavy (non-hydrogen) atoms. The lowest BCUT2D eigenvalue weighted by molar-refractivity contribution is -0.134. The number of carbonyl (C=O) groups is 2. The number of carbonyl (C=O) groups excluding carboxylic acids is 2. The number of rotatable bonds is 2. The van der Waals surface area contributed by atoms with Crippen LogP contribution in [0.25, 0.3) is 0 Å². The van der Waals surface area contributed by atoms with E-state index < -0.39 is 17.9 Å². The molecule has 4 nitrogen and oxygen atoms in total. The van der Waals surface area contributed by atoms with Crippen molar-refractivity contribution in [1.29, 1.82) is 0 Å². The number of para-hydroxylation sites is 1. The van der Waals surface area contributed by atoms with E-state index >= 15 is 0 Å². The average molecular weight is 264 g/mol. The molecule has 0 bridgehead atoms. The summed E-state index contributed by atoms with van der Waals surface area (Å²) >= 11 is 0. The Kier molecular flexibility index (Phi) is 3.55. The molecule has 102 valence electrons. The highest BCUT2D eigenvalue weighted by Gasteiger charge is 2.40. The standard InChI is InChI=1S/C14H17FN2O2/c1-8(2)12-14(19)17(9(3)13(18)16-12)11-7-5-4-6-10(11)15/h4-9,12H,1-3H3,(H,16,18). The first kappa shape index (κ1) is 13.5. The first-order chi connectivity index (χ1) is 8.93. The molecule has 1 aliphatic heterocycles. The highest BCUT2D eigenvalue weighted by molar-refractivity contribution is 6.08. The van der Waals surface area contributed by atoms with Crippen LogP contribution in [0.1, 0.15) is 20.8 Å². The number of halogens is 1. The van der Waals surface area contributed by atoms with Gasteiger partial charge in [-0.05, 0) is 25.0 Å². The monoisotopic (exact) mass is 264 g/mol. The summed E-state index contributed by atoms with van der Waals surface area (Å²) in [6.45, 7) is 5.28. The molecule has 1 heterocycles. The topological polar surface area (TPSA) is 49.4 Å². The van der Waals surface area contributed by atoms with Crippen LogP contribution in [0.4, 0.5) is 10.1 Å². The minimum absolute atomic E-state index is 0.0433. The van der Waals surface area contributed by atoms with Gasteiger partial charge in [-0.2, -0.15) is 0 Å². The maximum Gasteiger partial charge on any atom is 0.250 e. The molecular weight excluding hydrogens is 247 g/mol. The first-order valence-electron chi connectivity index (χ1n) is 6.31. The van der Waals surface area contributed by atoms with Crippen molar-refractivity contribution in [2.45, 2.75) is 32.9 Å². The number of piperazine rings is 1. The van der Waals surface area contributed by atoms with Crippen molar-refractivity contribution in [3.63, 3.8) is 0 Å². The highest BCUT2D eigenvalue weighted by Crippen LogP contribution is 2.25. The fourth-order valence-electron chi connectivity index (χ4n) is 2.22. The zero-order valence-corrected chi connectivity index (χ0v) is 11.2. The van der Waals surface area contributed by atoms with E-state index in [1.807, 2.05) is 13.8 Å². The number of benzene rings is 1. The molecule has 1 saturated heterocycles. The van der Waals surface area contributed by atoms with E-state index in [0.717, 1.165) is 0 Å². The predicted molar refractivity (Wildman–Crippen MR) is 70.1 cm³/mol. The third-order valence-electron chi connectivity index (χ3n) is 3.35. The SMILES string of the molecule is CC(C)C1NC(=O)C(C)N(c2ccccc2F)C1=O. The number of nitrogens with zero attached hydrogens (tertiary/aromatic N) is 1. The van der Waals surface area contributed by atoms with Crippen molar-refractivity contribution in [3.8, 4) is 0 Å². The van der Waals surface area contributed by atoms with Crippen LogP contribution >= 0.6 is 0 Å². The van der Waals surface area contributed by atoms with Gasteiger partial charge in [-0.1, -0.05) is 26.0 Å². The van der Waals surface area contributed by atoms with Crippen LogP contribution in [0.5, 0.6) is 0 Å². The van der Waals surface area contributed by atoms with E-state index in [0.29, 0.717) is 0 Å². The molecule has 1 aliphatic rings. The molecule has 2 rings (SSSR count). The smallest absolute Gasteiger partial charge is 0.250 e. The second kappa shape index (κ2) is 4.99. The van der Waals surface area contributed by atoms with Crippen LogP contribution in [0.2, 0.25) is 0 Å². The molecule has 0 aromatic heterocycles. The zero-order valence-electron chi connectivity index (χ0n) is 11.2. The normalized spacial score (nSPS) is 23.7. The minimum Gasteiger partial charge on any atom is -0.342 e. The lowest BCUT2D eigenvalue weighted by Gasteiger charge is -2.38. The van der Waals surface area contributed by atoms with Crippen LogP contribution < -0.4 is 10.2 Å². The van der Waals surface area contributed by atoms with Crippen molar-refractivity contribution in [1.82, 2.24) is 5.32 Å². The van der Waals surface area contributed by atoms with Crippen molar-refractivity contribution >= 4 is 17.5 Å². The molecule has 0 saturated carbocycles. The summed E-state index contributed by atoms with van der Waals surface area (Å²) in [4.78, 5) is 25.6. The molecule has 5 heteroatoms. The van der Waals surface area contributed by atoms with Gasteiger partial charge in [0.1, 0.15) is 17.9 Å². The van der Waals surface area contributed by atoms with Gasteiger partial charge in [0.15, 0.2) is 0 Å². The first-order valence-corrected chi connectivity index (χ1v) is 6.31. The van der Waals surface area contributed by atoms with Gasteiger partial charge in [-0.25, -0.2) is 4.39 Å². The van der Waals surface area contributed by atoms with Crippen LogP contribution in [0.3, 0.4) is 0 Å². The van der Waals surface area contributed by atoms with E-state index in [1.165, 1.54) is 17.0 Å². The Morgan fingerprint density at radius 2 is 1.89 bits per heavy atom. The Labute approximate surface area is 111 Å². The number of hydrogen-bond acceptors (Lipinski definition) is 2. The summed E-state index contributed by atoms with van der Waals surface area (Å²) < 4.78 is 13.9. The Morgan fingerprint density at radius 3 is 2.47 bits per heavy atom. The van der Waals surface area contributed by atoms with Gasteiger partial charge >= 0.3 is 0 Å². The quantitative estimate of drug-likeness (QED) is 0.884. The summed E-state index contributed by atoms with van der Waals surface area (Å²) in [5.41, 5.74) is 0.153. The van der Waals surface area contributed by atoms with E-state index in [-0.39, 0.29) is 23.4 Å². The molecule has 1 fully saturated rings. The van der Waals surface area contributed by atoms with E-state index in [2.05, 4.69) is 5.32 Å². The lowest BCUT2D eigenvalue weighted by Crippen LogP contribution is -2.64. The summed E-state index contributed by atoms with van der Waals surface area (Å²) in [5, 5.41) is 2.68. The molecule has 1 aromatic carbocycles. The van der Waals surface area contributed by atoms with E-state index in [4.69, 9.17) is 0 Å². The van der Waals surface area contributed by atoms with Crippen molar-refractivity contribution in [2.24, 2.45) is 5.92 Å². The second-order valence-corrected chi connectivity index (χ2v) is 5.07. The maximum absolute atomic E-state index is 13.9. The van der Waals surface area contributed by atoms with E-state index in [1.54, 1.807) is 19.1 Å². The molecular formula is C14H17FN2O2. The molecule has 2 amide bonds. The summed E-state index contributed by atoms with van der Waals surface area (Å²) in [6.07, 6.45) is 0. The Bertz CT molecular complexity index is 516. The molecule has 1 N–H and O–H groups in total. The molecule has 2 atom stereocenters. The number of nitrogens with one attached hydrogen (secondary N) is 1. The van der Waals surface area contributed by atoms with Crippen LogP contribution in [0.15, 0.2) is 24.3 Å². The van der Waals surface area contributed by atoms with Crippen LogP contribution in [0, 0.1) is 11.7 Å². The largest absolute Gasteiger partial charge is 0.342 e. The maximum atomic E-state index is 13.9. The third kappa shape index (κ3) is 2.32. The van der Waals surface area contributed by atoms with Crippen LogP contribution in [-0.2, 0) is 9.59 Å². The Hall–Kier alpha value is -1.91. The molecule has 2 unspecified atom stereocenters. The zero-order chi connectivity index (χ0) is 14.2. The fourth-order valence-corrected chi connectivity index (χ4v) is 2.22. The van der Waals surface area contributed by atoms with Gasteiger partial charge in [0.2, 0.25) is 5.91 Å². The number of amides is 2. The highest BCUT2D eigenvalue weighted by atomic mass is 19.1. The Morgan fingerprint density at radius 1 is 1.26 bits per heavy atom. The molecule has 1 aromatic rings. The number of hydrogen-bond donors (Lipinski definition) is 1. The predicted octanol–water partition coefficient (Wildman–Crippen LogP) is 1.70. The summed E-state index contributed by atoms with van der Waals surface area (Å²) in [6, 6.07) is 4.68. The molecule has 0 radical (unpaired) electrons. The lowest BCUT2D eigenvalue weighted by atomic mass is 9.97. The summed E-state index contributed by atoms with van der Waals surface area (Å²) in [7, 11) is 0. The average Bonchev–Trinajstić information content (AvgIpc) is 2.36. The van der Waals surface area contributed by atoms with Crippen molar-refractivity contribution < 1.29 is 14.0 Å². The fraction of sp³-hybridized carbons (Fsp3) is 0.429. The molecule has 0 aliphatic carbocycles. The van der Waals surface area contributed by atoms with Crippen LogP contribution in [-0.4, -0.2) is 23.9 Å². The minimum atomic E-state index is -0.709. The van der Waals surface area contributed by atoms with Gasteiger partial charge in [-0.15, -0.1) is 0 Å². The molecule has 0 spiro atoms. The van der Waals surface area contributed by atoms with Gasteiger partial charge in [-0.3, -0.25) is 14.5 Å².